The van der Waals surface area contributed by atoms with Crippen molar-refractivity contribution in [1.82, 2.24) is 25.4 Å². The highest BCUT2D eigenvalue weighted by atomic mass is 35.5. The first-order chi connectivity index (χ1) is 15.3. The third kappa shape index (κ3) is 6.09. The van der Waals surface area contributed by atoms with Gasteiger partial charge in [-0.15, -0.1) is 0 Å². The molecule has 1 N–H and O–H groups in total. The molecule has 176 valence electrons. The Balaban J connectivity index is 1.84. The predicted molar refractivity (Wildman–Crippen MR) is 99.1 cm³/mol. The Hall–Kier alpha value is -3.42. The molecule has 15 heteroatoms. The maximum Gasteiger partial charge on any atom is 0.455 e. The lowest BCUT2D eigenvalue weighted by molar-refractivity contribution is -0.189. The molecule has 0 radical (unpaired) electrons. The molecule has 0 fully saturated rings. The van der Waals surface area contributed by atoms with E-state index in [4.69, 9.17) is 16.3 Å². The van der Waals surface area contributed by atoms with Crippen molar-refractivity contribution in [3.63, 3.8) is 0 Å². The number of amides is 1. The fraction of sp³-hybridized carbons (Fsp3) is 0.278. The smallest absolute Gasteiger partial charge is 0.455 e. The third-order valence-corrected chi connectivity index (χ3v) is 4.21. The molecule has 2 aromatic heterocycles. The molecule has 8 nitrogen and oxygen atoms in total. The summed E-state index contributed by atoms with van der Waals surface area (Å²) < 4.78 is 85.7. The fourth-order valence-corrected chi connectivity index (χ4v) is 2.44. The van der Waals surface area contributed by atoms with Gasteiger partial charge < -0.3 is 14.6 Å². The van der Waals surface area contributed by atoms with Crippen LogP contribution < -0.4 is 10.1 Å². The number of carbonyl (C=O) groups excluding carboxylic acids is 1. The summed E-state index contributed by atoms with van der Waals surface area (Å²) in [4.78, 5) is 23.1. The second kappa shape index (κ2) is 9.21. The van der Waals surface area contributed by atoms with E-state index in [-0.39, 0.29) is 17.0 Å². The number of benzene rings is 1. The van der Waals surface area contributed by atoms with Crippen LogP contribution in [0, 0.1) is 0 Å². The van der Waals surface area contributed by atoms with Crippen molar-refractivity contribution in [1.29, 1.82) is 0 Å². The Bertz CT molecular complexity index is 1130. The summed E-state index contributed by atoms with van der Waals surface area (Å²) in [5.41, 5.74) is 0.131. The Morgan fingerprint density at radius 3 is 2.39 bits per heavy atom. The number of nitrogens with zero attached hydrogens (tertiary/aromatic N) is 4. The van der Waals surface area contributed by atoms with Crippen LogP contribution in [0.5, 0.6) is 5.75 Å². The summed E-state index contributed by atoms with van der Waals surface area (Å²) in [6.07, 6.45) is -10.8. The lowest BCUT2D eigenvalue weighted by Crippen LogP contribution is -2.31. The highest BCUT2D eigenvalue weighted by molar-refractivity contribution is 6.30. The van der Waals surface area contributed by atoms with Gasteiger partial charge in [-0.1, -0.05) is 28.9 Å². The Labute approximate surface area is 185 Å². The summed E-state index contributed by atoms with van der Waals surface area (Å²) in [5, 5.41) is 5.27. The van der Waals surface area contributed by atoms with Gasteiger partial charge in [0.1, 0.15) is 5.69 Å². The zero-order valence-corrected chi connectivity index (χ0v) is 17.1. The number of ether oxygens (including phenoxy) is 1. The minimum absolute atomic E-state index is 0.139. The second-order valence-electron chi connectivity index (χ2n) is 6.41. The molecule has 1 amide bonds. The van der Waals surface area contributed by atoms with E-state index < -0.39 is 48.4 Å². The van der Waals surface area contributed by atoms with Gasteiger partial charge in [-0.25, -0.2) is 9.97 Å². The van der Waals surface area contributed by atoms with Crippen LogP contribution >= 0.6 is 11.6 Å². The lowest BCUT2D eigenvalue weighted by atomic mass is 10.1. The van der Waals surface area contributed by atoms with E-state index in [1.807, 2.05) is 0 Å². The fourth-order valence-electron chi connectivity index (χ4n) is 2.32. The average molecular weight is 496 g/mol. The number of hydrogen-bond acceptors (Lipinski definition) is 7. The van der Waals surface area contributed by atoms with Crippen molar-refractivity contribution >= 4 is 17.5 Å². The van der Waals surface area contributed by atoms with Crippen molar-refractivity contribution in [2.45, 2.75) is 31.9 Å². The van der Waals surface area contributed by atoms with E-state index in [1.54, 1.807) is 0 Å². The van der Waals surface area contributed by atoms with Crippen LogP contribution in [-0.4, -0.2) is 38.3 Å². The molecule has 0 unspecified atom stereocenters. The maximum atomic E-state index is 12.9. The molecule has 0 aliphatic rings. The molecule has 0 saturated heterocycles. The minimum atomic E-state index is -4.83. The van der Waals surface area contributed by atoms with Crippen LogP contribution in [0.15, 0.2) is 35.0 Å². The normalized spacial score (nSPS) is 13.0. The number of aromatic nitrogens is 4. The SMILES string of the molecule is C[C@H](Oc1cnc(C(=O)NCc2nc(C(F)(F)F)no2)nc1-c1ccc(Cl)cc1)C(F)(F)F. The first-order valence-electron chi connectivity index (χ1n) is 8.89. The maximum absolute atomic E-state index is 12.9. The van der Waals surface area contributed by atoms with Gasteiger partial charge in [0.2, 0.25) is 11.7 Å². The molecule has 33 heavy (non-hydrogen) atoms. The summed E-state index contributed by atoms with van der Waals surface area (Å²) in [6, 6.07) is 5.77. The zero-order chi connectivity index (χ0) is 24.4. The molecule has 0 saturated carbocycles. The van der Waals surface area contributed by atoms with Crippen molar-refractivity contribution < 1.29 is 40.4 Å². The van der Waals surface area contributed by atoms with Crippen LogP contribution in [-0.2, 0) is 12.7 Å². The summed E-state index contributed by atoms with van der Waals surface area (Å²) in [7, 11) is 0. The standard InChI is InChI=1S/C18H12ClF6N5O3/c1-8(17(20,21)22)32-11-6-26-14(29-13(11)9-2-4-10(19)5-3-9)15(31)27-7-12-28-16(30-33-12)18(23,24)25/h2-6,8H,7H2,1H3,(H,27,31)/t8-/m0/s1. The van der Waals surface area contributed by atoms with Gasteiger partial charge in [0.25, 0.3) is 11.7 Å². The number of alkyl halides is 6. The molecule has 0 aliphatic carbocycles. The molecule has 0 spiro atoms. The molecule has 2 heterocycles. The number of nitrogens with one attached hydrogen (secondary N) is 1. The minimum Gasteiger partial charge on any atom is -0.477 e. The van der Waals surface area contributed by atoms with E-state index in [1.165, 1.54) is 24.3 Å². The summed E-state index contributed by atoms with van der Waals surface area (Å²) in [6.45, 7) is 0.205. The van der Waals surface area contributed by atoms with Gasteiger partial charge in [0.05, 0.1) is 12.7 Å². The van der Waals surface area contributed by atoms with E-state index in [9.17, 15) is 31.1 Å². The van der Waals surface area contributed by atoms with Gasteiger partial charge in [-0.3, -0.25) is 4.79 Å². The first-order valence-corrected chi connectivity index (χ1v) is 9.26. The molecular formula is C18H12ClF6N5O3. The van der Waals surface area contributed by atoms with Crippen molar-refractivity contribution in [2.75, 3.05) is 0 Å². The first kappa shape index (κ1) is 24.2. The topological polar surface area (TPSA) is 103 Å². The predicted octanol–water partition coefficient (Wildman–Crippen LogP) is 4.46. The largest absolute Gasteiger partial charge is 0.477 e. The second-order valence-corrected chi connectivity index (χ2v) is 6.84. The Morgan fingerprint density at radius 1 is 1.15 bits per heavy atom. The van der Waals surface area contributed by atoms with Crippen LogP contribution in [0.3, 0.4) is 0 Å². The van der Waals surface area contributed by atoms with Gasteiger partial charge in [0, 0.05) is 10.6 Å². The van der Waals surface area contributed by atoms with Crippen LogP contribution in [0.2, 0.25) is 5.02 Å². The van der Waals surface area contributed by atoms with E-state index >= 15 is 0 Å². The van der Waals surface area contributed by atoms with E-state index in [0.29, 0.717) is 5.02 Å². The number of carbonyl (C=O) groups is 1. The molecule has 1 aromatic carbocycles. The van der Waals surface area contributed by atoms with E-state index in [0.717, 1.165) is 13.1 Å². The quantitative estimate of drug-likeness (QED) is 0.504. The molecule has 0 bridgehead atoms. The van der Waals surface area contributed by atoms with E-state index in [2.05, 4.69) is 29.9 Å². The lowest BCUT2D eigenvalue weighted by Gasteiger charge is -2.19. The Kier molecular flexibility index (Phi) is 6.76. The van der Waals surface area contributed by atoms with Gasteiger partial charge in [-0.05, 0) is 19.1 Å². The van der Waals surface area contributed by atoms with Gasteiger partial charge >= 0.3 is 12.4 Å². The van der Waals surface area contributed by atoms with Gasteiger partial charge in [0.15, 0.2) is 11.9 Å². The molecular weight excluding hydrogens is 484 g/mol. The van der Waals surface area contributed by atoms with Crippen molar-refractivity contribution in [2.24, 2.45) is 0 Å². The molecule has 3 aromatic rings. The number of rotatable bonds is 6. The van der Waals surface area contributed by atoms with Crippen LogP contribution in [0.4, 0.5) is 26.3 Å². The summed E-state index contributed by atoms with van der Waals surface area (Å²) >= 11 is 5.83. The van der Waals surface area contributed by atoms with Crippen molar-refractivity contribution in [3.05, 3.63) is 53.0 Å². The Morgan fingerprint density at radius 2 is 1.82 bits per heavy atom. The molecule has 3 rings (SSSR count). The summed E-state index contributed by atoms with van der Waals surface area (Å²) in [5.74, 6) is -3.87. The highest BCUT2D eigenvalue weighted by Gasteiger charge is 2.39. The van der Waals surface area contributed by atoms with Gasteiger partial charge in [-0.2, -0.15) is 31.3 Å². The van der Waals surface area contributed by atoms with Crippen LogP contribution in [0.25, 0.3) is 11.3 Å². The highest BCUT2D eigenvalue weighted by Crippen LogP contribution is 2.32. The monoisotopic (exact) mass is 495 g/mol. The third-order valence-electron chi connectivity index (χ3n) is 3.96. The molecule has 1 atom stereocenters. The number of hydrogen-bond donors (Lipinski definition) is 1. The zero-order valence-electron chi connectivity index (χ0n) is 16.3. The molecule has 0 aliphatic heterocycles. The average Bonchev–Trinajstić information content (AvgIpc) is 3.22. The number of halogens is 7. The van der Waals surface area contributed by atoms with Crippen molar-refractivity contribution in [3.8, 4) is 17.0 Å². The van der Waals surface area contributed by atoms with Crippen LogP contribution in [0.1, 0.15) is 29.3 Å².